The molecule has 0 unspecified atom stereocenters. The lowest BCUT2D eigenvalue weighted by atomic mass is 10.0. The smallest absolute Gasteiger partial charge is 0.407 e. The maximum atomic E-state index is 13.8. The van der Waals surface area contributed by atoms with Crippen molar-refractivity contribution in [3.63, 3.8) is 0 Å². The number of carbonyl (C=O) groups is 3. The van der Waals surface area contributed by atoms with Crippen molar-refractivity contribution in [3.8, 4) is 0 Å². The summed E-state index contributed by atoms with van der Waals surface area (Å²) in [5.74, 6) is -1.61. The van der Waals surface area contributed by atoms with E-state index in [0.717, 1.165) is 11.1 Å². The zero-order valence-corrected chi connectivity index (χ0v) is 23.6. The molecule has 8 nitrogen and oxygen atoms in total. The molecule has 3 aromatic rings. The zero-order chi connectivity index (χ0) is 29.7. The van der Waals surface area contributed by atoms with Gasteiger partial charge < -0.3 is 24.8 Å². The molecule has 0 aromatic heterocycles. The fourth-order valence-electron chi connectivity index (χ4n) is 3.94. The molecule has 0 aliphatic carbocycles. The summed E-state index contributed by atoms with van der Waals surface area (Å²) < 4.78 is 30.4. The van der Waals surface area contributed by atoms with Crippen LogP contribution in [-0.2, 0) is 43.4 Å². The summed E-state index contributed by atoms with van der Waals surface area (Å²) >= 11 is 0. The van der Waals surface area contributed by atoms with Crippen LogP contribution in [0.25, 0.3) is 0 Å². The third-order valence-corrected chi connectivity index (χ3v) is 5.76. The fraction of sp³-hybridized carbons (Fsp3) is 0.344. The quantitative estimate of drug-likeness (QED) is 0.280. The lowest BCUT2D eigenvalue weighted by Gasteiger charge is -2.24. The van der Waals surface area contributed by atoms with Gasteiger partial charge in [0.15, 0.2) is 6.04 Å². The number of rotatable bonds is 13. The number of hydrogen-bond acceptors (Lipinski definition) is 6. The molecule has 2 atom stereocenters. The van der Waals surface area contributed by atoms with Gasteiger partial charge in [-0.2, -0.15) is 0 Å². The molecular weight excluding hydrogens is 527 g/mol. The van der Waals surface area contributed by atoms with Crippen LogP contribution in [0.3, 0.4) is 0 Å². The summed E-state index contributed by atoms with van der Waals surface area (Å²) in [5, 5.41) is 5.38. The first-order valence-corrected chi connectivity index (χ1v) is 13.4. The van der Waals surface area contributed by atoms with Crippen molar-refractivity contribution in [2.75, 3.05) is 6.61 Å². The highest BCUT2D eigenvalue weighted by Gasteiger charge is 2.26. The van der Waals surface area contributed by atoms with Crippen molar-refractivity contribution >= 4 is 18.0 Å². The molecular formula is C32H37FN2O6. The van der Waals surface area contributed by atoms with E-state index < -0.39 is 41.5 Å². The number of benzene rings is 3. The molecule has 0 fully saturated rings. The average Bonchev–Trinajstić information content (AvgIpc) is 2.91. The first-order chi connectivity index (χ1) is 19.6. The standard InChI is InChI=1S/C32H37FN2O6/c1-32(2,3)41-31(38)34-27(18-25-15-10-16-26(33)17-25)19-29(36)35-28(22-39-20-23-11-6-4-7-12-23)30(37)40-21-24-13-8-5-9-14-24/h4-17,27-28H,18-22H2,1-3H3,(H,34,38)(H,35,36)/t27-,28-/m0/s1. The van der Waals surface area contributed by atoms with Gasteiger partial charge in [0.2, 0.25) is 5.91 Å². The molecule has 0 radical (unpaired) electrons. The SMILES string of the molecule is CC(C)(C)OC(=O)N[C@H](CC(=O)N[C@@H](COCc1ccccc1)C(=O)OCc1ccccc1)Cc1cccc(F)c1. The van der Waals surface area contributed by atoms with Crippen LogP contribution in [0.2, 0.25) is 0 Å². The molecule has 0 aliphatic heterocycles. The Kier molecular flexibility index (Phi) is 11.8. The van der Waals surface area contributed by atoms with Crippen LogP contribution in [0.5, 0.6) is 0 Å². The maximum Gasteiger partial charge on any atom is 0.407 e. The predicted octanol–water partition coefficient (Wildman–Crippen LogP) is 5.10. The van der Waals surface area contributed by atoms with Gasteiger partial charge in [-0.25, -0.2) is 14.0 Å². The lowest BCUT2D eigenvalue weighted by molar-refractivity contribution is -0.151. The summed E-state index contributed by atoms with van der Waals surface area (Å²) in [7, 11) is 0. The van der Waals surface area contributed by atoms with Crippen molar-refractivity contribution in [2.45, 2.75) is 64.5 Å². The van der Waals surface area contributed by atoms with Crippen LogP contribution < -0.4 is 10.6 Å². The van der Waals surface area contributed by atoms with Gasteiger partial charge in [-0.05, 0) is 56.0 Å². The zero-order valence-electron chi connectivity index (χ0n) is 23.6. The highest BCUT2D eigenvalue weighted by atomic mass is 19.1. The van der Waals surface area contributed by atoms with Gasteiger partial charge in [0.25, 0.3) is 0 Å². The van der Waals surface area contributed by atoms with E-state index in [1.807, 2.05) is 60.7 Å². The highest BCUT2D eigenvalue weighted by Crippen LogP contribution is 2.12. The minimum absolute atomic E-state index is 0.0348. The summed E-state index contributed by atoms with van der Waals surface area (Å²) in [6.45, 7) is 5.32. The topological polar surface area (TPSA) is 103 Å². The second-order valence-electron chi connectivity index (χ2n) is 10.6. The summed E-state index contributed by atoms with van der Waals surface area (Å²) in [6.07, 6.45) is -0.744. The molecule has 3 rings (SSSR count). The Hall–Kier alpha value is -4.24. The number of nitrogens with one attached hydrogen (secondary N) is 2. The molecule has 0 aliphatic rings. The number of carbonyl (C=O) groups excluding carboxylic acids is 3. The first-order valence-electron chi connectivity index (χ1n) is 13.4. The fourth-order valence-corrected chi connectivity index (χ4v) is 3.94. The van der Waals surface area contributed by atoms with Gasteiger partial charge in [-0.15, -0.1) is 0 Å². The second-order valence-corrected chi connectivity index (χ2v) is 10.6. The highest BCUT2D eigenvalue weighted by molar-refractivity contribution is 5.85. The molecule has 0 saturated heterocycles. The Balaban J connectivity index is 1.68. The van der Waals surface area contributed by atoms with Crippen LogP contribution in [0, 0.1) is 5.82 Å². The predicted molar refractivity (Wildman–Crippen MR) is 152 cm³/mol. The van der Waals surface area contributed by atoms with Gasteiger partial charge in [0, 0.05) is 12.5 Å². The van der Waals surface area contributed by atoms with Crippen LogP contribution in [0.1, 0.15) is 43.9 Å². The summed E-state index contributed by atoms with van der Waals surface area (Å²) in [6, 6.07) is 22.7. The third-order valence-electron chi connectivity index (χ3n) is 5.76. The van der Waals surface area contributed by atoms with E-state index in [2.05, 4.69) is 10.6 Å². The largest absolute Gasteiger partial charge is 0.459 e. The molecule has 3 aromatic carbocycles. The van der Waals surface area contributed by atoms with E-state index in [1.54, 1.807) is 32.9 Å². The van der Waals surface area contributed by atoms with Crippen LogP contribution in [0.15, 0.2) is 84.9 Å². The van der Waals surface area contributed by atoms with Gasteiger partial charge in [0.1, 0.15) is 18.0 Å². The molecule has 0 spiro atoms. The maximum absolute atomic E-state index is 13.8. The Morgan fingerprint density at radius 2 is 1.41 bits per heavy atom. The molecule has 2 N–H and O–H groups in total. The van der Waals surface area contributed by atoms with E-state index in [9.17, 15) is 18.8 Å². The third kappa shape index (κ3) is 12.2. The molecule has 218 valence electrons. The number of hydrogen-bond donors (Lipinski definition) is 2. The molecule has 9 heteroatoms. The van der Waals surface area contributed by atoms with E-state index in [0.29, 0.717) is 5.56 Å². The van der Waals surface area contributed by atoms with Crippen molar-refractivity contribution in [1.82, 2.24) is 10.6 Å². The molecule has 0 heterocycles. The Labute approximate surface area is 240 Å². The first kappa shape index (κ1) is 31.3. The van der Waals surface area contributed by atoms with Gasteiger partial charge in [-0.1, -0.05) is 72.8 Å². The van der Waals surface area contributed by atoms with Crippen LogP contribution in [-0.4, -0.2) is 42.3 Å². The molecule has 2 amide bonds. The lowest BCUT2D eigenvalue weighted by Crippen LogP contribution is -2.48. The summed E-state index contributed by atoms with van der Waals surface area (Å²) in [4.78, 5) is 38.7. The van der Waals surface area contributed by atoms with Crippen molar-refractivity contribution in [1.29, 1.82) is 0 Å². The number of ether oxygens (including phenoxy) is 3. The number of amides is 2. The van der Waals surface area contributed by atoms with Crippen LogP contribution >= 0.6 is 0 Å². The van der Waals surface area contributed by atoms with Gasteiger partial charge in [-0.3, -0.25) is 4.79 Å². The molecule has 0 bridgehead atoms. The Bertz CT molecular complexity index is 1260. The molecule has 0 saturated carbocycles. The normalized spacial score (nSPS) is 12.6. The Morgan fingerprint density at radius 3 is 2.02 bits per heavy atom. The van der Waals surface area contributed by atoms with E-state index >= 15 is 0 Å². The van der Waals surface area contributed by atoms with E-state index in [-0.39, 0.29) is 32.7 Å². The van der Waals surface area contributed by atoms with Gasteiger partial charge >= 0.3 is 12.1 Å². The Morgan fingerprint density at radius 1 is 0.805 bits per heavy atom. The number of halogens is 1. The second kappa shape index (κ2) is 15.5. The van der Waals surface area contributed by atoms with Crippen molar-refractivity contribution in [3.05, 3.63) is 107 Å². The average molecular weight is 565 g/mol. The minimum atomic E-state index is -1.09. The molecule has 41 heavy (non-hydrogen) atoms. The number of alkyl carbamates (subject to hydrolysis) is 1. The van der Waals surface area contributed by atoms with E-state index in [1.165, 1.54) is 12.1 Å². The van der Waals surface area contributed by atoms with Crippen LogP contribution in [0.4, 0.5) is 9.18 Å². The minimum Gasteiger partial charge on any atom is -0.459 e. The summed E-state index contributed by atoms with van der Waals surface area (Å²) in [5.41, 5.74) is 1.54. The monoisotopic (exact) mass is 564 g/mol. The van der Waals surface area contributed by atoms with E-state index in [4.69, 9.17) is 14.2 Å². The number of esters is 1. The van der Waals surface area contributed by atoms with Crippen molar-refractivity contribution in [2.24, 2.45) is 0 Å². The van der Waals surface area contributed by atoms with Crippen molar-refractivity contribution < 1.29 is 33.0 Å². The van der Waals surface area contributed by atoms with Gasteiger partial charge in [0.05, 0.1) is 13.2 Å².